The second-order valence-corrected chi connectivity index (χ2v) is 14.6. The molecular weight excluding hydrogens is 707 g/mol. The highest BCUT2D eigenvalue weighted by atomic mass is 16.5. The van der Waals surface area contributed by atoms with Crippen LogP contribution in [0.1, 0.15) is 70.5 Å². The van der Waals surface area contributed by atoms with Gasteiger partial charge in [0, 0.05) is 68.0 Å². The molecule has 0 aromatic heterocycles. The average Bonchev–Trinajstić information content (AvgIpc) is 3.78. The molecule has 2 atom stereocenters. The zero-order valence-corrected chi connectivity index (χ0v) is 32.2. The van der Waals surface area contributed by atoms with Crippen LogP contribution in [0.5, 0.6) is 23.0 Å². The summed E-state index contributed by atoms with van der Waals surface area (Å²) in [5.41, 5.74) is 8.34. The molecule has 4 heterocycles. The molecule has 0 spiro atoms. The highest BCUT2D eigenvalue weighted by Crippen LogP contribution is 2.41. The Morgan fingerprint density at radius 3 is 1.79 bits per heavy atom. The normalized spacial score (nSPS) is 18.0. The molecule has 4 aromatic carbocycles. The van der Waals surface area contributed by atoms with E-state index in [9.17, 15) is 9.59 Å². The molecule has 2 amide bonds. The predicted octanol–water partition coefficient (Wildman–Crippen LogP) is 8.62. The first-order valence-corrected chi connectivity index (χ1v) is 19.0. The minimum atomic E-state index is -0.182. The molecule has 11 heteroatoms. The van der Waals surface area contributed by atoms with Crippen molar-refractivity contribution in [3.05, 3.63) is 113 Å². The smallest absolute Gasteiger partial charge is 0.260 e. The van der Waals surface area contributed by atoms with Crippen LogP contribution in [0.3, 0.4) is 0 Å². The molecule has 0 saturated heterocycles. The van der Waals surface area contributed by atoms with E-state index in [1.165, 1.54) is 0 Å². The molecule has 0 aliphatic carbocycles. The van der Waals surface area contributed by atoms with Gasteiger partial charge in [-0.15, -0.1) is 0 Å². The minimum Gasteiger partial charge on any atom is -0.497 e. The van der Waals surface area contributed by atoms with E-state index in [4.69, 9.17) is 28.9 Å². The number of hydrogen-bond donors (Lipinski definition) is 1. The molecule has 4 aliphatic rings. The maximum absolute atomic E-state index is 13.8. The van der Waals surface area contributed by atoms with Crippen LogP contribution < -0.4 is 24.3 Å². The zero-order valence-electron chi connectivity index (χ0n) is 32.2. The third kappa shape index (κ3) is 7.24. The maximum atomic E-state index is 13.8. The van der Waals surface area contributed by atoms with E-state index >= 15 is 0 Å². The average molecular weight is 752 g/mol. The first kappa shape index (κ1) is 36.6. The van der Waals surface area contributed by atoms with Crippen molar-refractivity contribution in [3.63, 3.8) is 0 Å². The number of aryl methyl sites for hydroxylation is 1. The lowest BCUT2D eigenvalue weighted by Crippen LogP contribution is -2.32. The molecule has 4 aromatic rings. The summed E-state index contributed by atoms with van der Waals surface area (Å²) >= 11 is 0. The Bertz CT molecular complexity index is 2290. The molecule has 286 valence electrons. The number of carbonyl (C=O) groups is 2. The zero-order chi connectivity index (χ0) is 38.9. The van der Waals surface area contributed by atoms with E-state index in [2.05, 4.69) is 43.4 Å². The molecule has 0 bridgehead atoms. The molecule has 0 radical (unpaired) electrons. The van der Waals surface area contributed by atoms with Gasteiger partial charge in [0.05, 0.1) is 62.0 Å². The maximum Gasteiger partial charge on any atom is 0.260 e. The van der Waals surface area contributed by atoms with E-state index in [1.54, 1.807) is 36.2 Å². The summed E-state index contributed by atoms with van der Waals surface area (Å²) < 4.78 is 23.3. The van der Waals surface area contributed by atoms with Crippen molar-refractivity contribution in [2.45, 2.75) is 58.2 Å². The van der Waals surface area contributed by atoms with E-state index < -0.39 is 0 Å². The molecule has 0 fully saturated rings. The number of benzene rings is 4. The van der Waals surface area contributed by atoms with E-state index in [0.717, 1.165) is 39.3 Å². The van der Waals surface area contributed by atoms with Crippen molar-refractivity contribution < 1.29 is 28.5 Å². The van der Waals surface area contributed by atoms with Crippen LogP contribution in [-0.2, 0) is 0 Å². The SMILES string of the molecule is COc1ccc(C2=CN3C(=O)c4cc(C)c(OCCCOc5cc6c(cc5OC)C(=O)N5C=C(c7ccc(NC(C)C)cc7)C[C@H]5C=N6)cc4N=C[C@@H]3C2)cc1. The van der Waals surface area contributed by atoms with Crippen molar-refractivity contribution in [2.75, 3.05) is 32.8 Å². The summed E-state index contributed by atoms with van der Waals surface area (Å²) in [5, 5.41) is 3.41. The summed E-state index contributed by atoms with van der Waals surface area (Å²) in [6.07, 6.45) is 9.49. The van der Waals surface area contributed by atoms with Gasteiger partial charge in [-0.25, -0.2) is 0 Å². The number of rotatable bonds is 12. The number of hydrogen-bond acceptors (Lipinski definition) is 9. The van der Waals surface area contributed by atoms with Crippen LogP contribution in [0.25, 0.3) is 11.1 Å². The number of anilines is 1. The number of ether oxygens (including phenoxy) is 4. The number of carbonyl (C=O) groups excluding carboxylic acids is 2. The fraction of sp³-hybridized carbons (Fsp3) is 0.289. The lowest BCUT2D eigenvalue weighted by atomic mass is 10.0. The second-order valence-electron chi connectivity index (χ2n) is 14.6. The molecule has 0 saturated carbocycles. The van der Waals surface area contributed by atoms with Gasteiger partial charge < -0.3 is 34.1 Å². The first-order chi connectivity index (χ1) is 27.2. The van der Waals surface area contributed by atoms with E-state index in [0.29, 0.717) is 78.3 Å². The third-order valence-electron chi connectivity index (χ3n) is 10.4. The molecule has 1 N–H and O–H groups in total. The predicted molar refractivity (Wildman–Crippen MR) is 219 cm³/mol. The van der Waals surface area contributed by atoms with Crippen LogP contribution >= 0.6 is 0 Å². The van der Waals surface area contributed by atoms with Crippen LogP contribution in [0.4, 0.5) is 17.1 Å². The van der Waals surface area contributed by atoms with Gasteiger partial charge in [0.15, 0.2) is 11.5 Å². The largest absolute Gasteiger partial charge is 0.497 e. The van der Waals surface area contributed by atoms with Gasteiger partial charge in [-0.3, -0.25) is 19.6 Å². The topological polar surface area (TPSA) is 114 Å². The summed E-state index contributed by atoms with van der Waals surface area (Å²) in [6, 6.07) is 23.3. The highest BCUT2D eigenvalue weighted by Gasteiger charge is 2.35. The lowest BCUT2D eigenvalue weighted by molar-refractivity contribution is 0.0809. The van der Waals surface area contributed by atoms with Gasteiger partial charge in [0.1, 0.15) is 11.5 Å². The molecule has 0 unspecified atom stereocenters. The van der Waals surface area contributed by atoms with Crippen molar-refractivity contribution in [1.82, 2.24) is 9.80 Å². The Balaban J connectivity index is 0.886. The Labute approximate surface area is 327 Å². The quantitative estimate of drug-likeness (QED) is 0.144. The third-order valence-corrected chi connectivity index (χ3v) is 10.4. The molecule has 4 aliphatic heterocycles. The van der Waals surface area contributed by atoms with Gasteiger partial charge in [0.25, 0.3) is 11.8 Å². The molecule has 11 nitrogen and oxygen atoms in total. The first-order valence-electron chi connectivity index (χ1n) is 19.0. The van der Waals surface area contributed by atoms with Crippen LogP contribution in [-0.4, -0.2) is 79.6 Å². The summed E-state index contributed by atoms with van der Waals surface area (Å²) in [5.74, 6) is 2.20. The summed E-state index contributed by atoms with van der Waals surface area (Å²) in [6.45, 7) is 6.88. The number of aliphatic imine (C=N–C) groups is 2. The minimum absolute atomic E-state index is 0.0860. The van der Waals surface area contributed by atoms with E-state index in [-0.39, 0.29) is 23.9 Å². The fourth-order valence-corrected chi connectivity index (χ4v) is 7.50. The van der Waals surface area contributed by atoms with Gasteiger partial charge in [-0.05, 0) is 85.0 Å². The molecule has 8 rings (SSSR count). The van der Waals surface area contributed by atoms with Crippen LogP contribution in [0.15, 0.2) is 95.2 Å². The monoisotopic (exact) mass is 751 g/mol. The number of nitrogens with zero attached hydrogens (tertiary/aromatic N) is 4. The standard InChI is InChI=1S/C45H45N5O6/c1-27(2)48-33-11-7-29(8-12-33)31-18-35-24-47-40-22-43(42(54-5)20-38(40)45(52)50(35)25-31)56-16-6-15-55-41-21-39-37(17-28(41)3)44(51)49-26-32(19-34(49)23-46-39)30-9-13-36(53-4)14-10-30/h7-14,17,20-27,34-35,48H,6,15-16,18-19H2,1-5H3/t34-,35-/m0/s1. The summed E-state index contributed by atoms with van der Waals surface area (Å²) in [7, 11) is 3.21. The molecule has 56 heavy (non-hydrogen) atoms. The van der Waals surface area contributed by atoms with Crippen molar-refractivity contribution in [3.8, 4) is 23.0 Å². The fourth-order valence-electron chi connectivity index (χ4n) is 7.50. The van der Waals surface area contributed by atoms with Crippen LogP contribution in [0, 0.1) is 6.92 Å². The van der Waals surface area contributed by atoms with Gasteiger partial charge in [-0.1, -0.05) is 24.3 Å². The Morgan fingerprint density at radius 1 is 0.696 bits per heavy atom. The number of amides is 2. The lowest BCUT2D eigenvalue weighted by Gasteiger charge is -2.19. The van der Waals surface area contributed by atoms with Crippen LogP contribution in [0.2, 0.25) is 0 Å². The number of methoxy groups -OCH3 is 2. The number of nitrogens with one attached hydrogen (secondary N) is 1. The summed E-state index contributed by atoms with van der Waals surface area (Å²) in [4.78, 5) is 40.5. The second kappa shape index (κ2) is 15.4. The number of fused-ring (bicyclic) bond motifs is 4. The van der Waals surface area contributed by atoms with Crippen molar-refractivity contribution in [1.29, 1.82) is 0 Å². The van der Waals surface area contributed by atoms with Gasteiger partial charge in [-0.2, -0.15) is 0 Å². The highest BCUT2D eigenvalue weighted by molar-refractivity contribution is 6.06. The van der Waals surface area contributed by atoms with Crippen molar-refractivity contribution >= 4 is 52.5 Å². The van der Waals surface area contributed by atoms with Gasteiger partial charge >= 0.3 is 0 Å². The Kier molecular flexibility index (Phi) is 10.1. The van der Waals surface area contributed by atoms with E-state index in [1.807, 2.05) is 68.2 Å². The van der Waals surface area contributed by atoms with Gasteiger partial charge in [0.2, 0.25) is 0 Å². The Hall–Kier alpha value is -6.36. The Morgan fingerprint density at radius 2 is 1.23 bits per heavy atom. The molecular formula is C45H45N5O6. The van der Waals surface area contributed by atoms with Crippen molar-refractivity contribution in [2.24, 2.45) is 9.98 Å².